The molecule has 1 heterocycles. The van der Waals surface area contributed by atoms with E-state index in [9.17, 15) is 9.18 Å². The number of rotatable bonds is 7. The highest BCUT2D eigenvalue weighted by molar-refractivity contribution is 5.88. The Morgan fingerprint density at radius 3 is 2.50 bits per heavy atom. The van der Waals surface area contributed by atoms with Gasteiger partial charge in [0, 0.05) is 26.9 Å². The third-order valence-corrected chi connectivity index (χ3v) is 5.38. The van der Waals surface area contributed by atoms with Crippen LogP contribution in [0.25, 0.3) is 0 Å². The van der Waals surface area contributed by atoms with Crippen LogP contribution in [0.4, 0.5) is 4.39 Å². The van der Waals surface area contributed by atoms with Gasteiger partial charge in [-0.2, -0.15) is 0 Å². The highest BCUT2D eigenvalue weighted by Crippen LogP contribution is 2.36. The van der Waals surface area contributed by atoms with Gasteiger partial charge >= 0.3 is 0 Å². The maximum Gasteiger partial charge on any atom is 0.230 e. The van der Waals surface area contributed by atoms with Gasteiger partial charge in [0.25, 0.3) is 0 Å². The Labute approximate surface area is 164 Å². The standard InChI is InChI=1S/C22H26FNO4/c1-26-19-8-6-17(7-9-19)22(10-12-28-13-11-22)21(25)24-15-20(27-2)16-4-3-5-18(23)14-16/h3-9,14,20H,10-13,15H2,1-2H3,(H,24,25). The van der Waals surface area contributed by atoms with Crippen LogP contribution in [0.3, 0.4) is 0 Å². The summed E-state index contributed by atoms with van der Waals surface area (Å²) in [5.74, 6) is 0.348. The van der Waals surface area contributed by atoms with E-state index in [1.54, 1.807) is 26.4 Å². The minimum Gasteiger partial charge on any atom is -0.497 e. The SMILES string of the molecule is COc1ccc(C2(C(=O)NCC(OC)c3cccc(F)c3)CCOCC2)cc1. The van der Waals surface area contributed by atoms with E-state index >= 15 is 0 Å². The molecule has 150 valence electrons. The van der Waals surface area contributed by atoms with Gasteiger partial charge in [-0.05, 0) is 48.2 Å². The van der Waals surface area contributed by atoms with Gasteiger partial charge in [0.15, 0.2) is 0 Å². The number of benzene rings is 2. The van der Waals surface area contributed by atoms with Crippen LogP contribution < -0.4 is 10.1 Å². The first-order valence-corrected chi connectivity index (χ1v) is 9.38. The van der Waals surface area contributed by atoms with Crippen molar-refractivity contribution >= 4 is 5.91 Å². The summed E-state index contributed by atoms with van der Waals surface area (Å²) in [6, 6.07) is 13.8. The number of hydrogen-bond acceptors (Lipinski definition) is 4. The number of amides is 1. The fourth-order valence-electron chi connectivity index (χ4n) is 3.68. The van der Waals surface area contributed by atoms with E-state index in [0.717, 1.165) is 11.3 Å². The zero-order chi connectivity index (χ0) is 20.0. The Hall–Kier alpha value is -2.44. The van der Waals surface area contributed by atoms with Crippen LogP contribution in [0, 0.1) is 5.82 Å². The number of methoxy groups -OCH3 is 2. The van der Waals surface area contributed by atoms with Crippen LogP contribution in [0.2, 0.25) is 0 Å². The second-order valence-corrected chi connectivity index (χ2v) is 6.91. The molecule has 6 heteroatoms. The van der Waals surface area contributed by atoms with Gasteiger partial charge in [0.1, 0.15) is 11.6 Å². The molecule has 1 aliphatic rings. The van der Waals surface area contributed by atoms with Gasteiger partial charge < -0.3 is 19.5 Å². The molecule has 1 aliphatic heterocycles. The second kappa shape index (κ2) is 9.17. The number of halogens is 1. The van der Waals surface area contributed by atoms with E-state index < -0.39 is 11.5 Å². The van der Waals surface area contributed by atoms with Crippen molar-refractivity contribution in [3.05, 3.63) is 65.5 Å². The van der Waals surface area contributed by atoms with Crippen molar-refractivity contribution in [2.75, 3.05) is 34.0 Å². The zero-order valence-electron chi connectivity index (χ0n) is 16.2. The summed E-state index contributed by atoms with van der Waals surface area (Å²) in [6.07, 6.45) is 0.776. The minimum absolute atomic E-state index is 0.0700. The molecule has 2 aromatic rings. The molecule has 3 rings (SSSR count). The lowest BCUT2D eigenvalue weighted by Gasteiger charge is -2.36. The normalized spacial score (nSPS) is 17.0. The van der Waals surface area contributed by atoms with Gasteiger partial charge in [-0.15, -0.1) is 0 Å². The molecule has 0 spiro atoms. The topological polar surface area (TPSA) is 56.8 Å². The predicted molar refractivity (Wildman–Crippen MR) is 104 cm³/mol. The minimum atomic E-state index is -0.662. The number of carbonyl (C=O) groups excluding carboxylic acids is 1. The fourth-order valence-corrected chi connectivity index (χ4v) is 3.68. The summed E-state index contributed by atoms with van der Waals surface area (Å²) < 4.78 is 29.7. The summed E-state index contributed by atoms with van der Waals surface area (Å²) in [6.45, 7) is 1.31. The van der Waals surface area contributed by atoms with Crippen molar-refractivity contribution in [2.45, 2.75) is 24.4 Å². The average molecular weight is 387 g/mol. The Morgan fingerprint density at radius 2 is 1.89 bits per heavy atom. The molecule has 0 aliphatic carbocycles. The largest absolute Gasteiger partial charge is 0.497 e. The number of ether oxygens (including phenoxy) is 3. The van der Waals surface area contributed by atoms with Crippen molar-refractivity contribution in [3.8, 4) is 5.75 Å². The molecule has 2 aromatic carbocycles. The van der Waals surface area contributed by atoms with E-state index in [1.165, 1.54) is 12.1 Å². The Kier molecular flexibility index (Phi) is 6.65. The van der Waals surface area contributed by atoms with E-state index in [1.807, 2.05) is 24.3 Å². The molecule has 0 aromatic heterocycles. The lowest BCUT2D eigenvalue weighted by Crippen LogP contribution is -2.49. The third kappa shape index (κ3) is 4.34. The molecule has 1 N–H and O–H groups in total. The number of nitrogens with one attached hydrogen (secondary N) is 1. The smallest absolute Gasteiger partial charge is 0.230 e. The predicted octanol–water partition coefficient (Wildman–Crippen LogP) is 3.39. The Morgan fingerprint density at radius 1 is 1.18 bits per heavy atom. The van der Waals surface area contributed by atoms with Gasteiger partial charge in [0.2, 0.25) is 5.91 Å². The van der Waals surface area contributed by atoms with Crippen LogP contribution in [0.5, 0.6) is 5.75 Å². The van der Waals surface area contributed by atoms with Gasteiger partial charge in [-0.1, -0.05) is 24.3 Å². The van der Waals surface area contributed by atoms with Gasteiger partial charge in [-0.3, -0.25) is 4.79 Å². The van der Waals surface area contributed by atoms with E-state index in [4.69, 9.17) is 14.2 Å². The van der Waals surface area contributed by atoms with Crippen molar-refractivity contribution in [2.24, 2.45) is 0 Å². The van der Waals surface area contributed by atoms with E-state index in [2.05, 4.69) is 5.32 Å². The van der Waals surface area contributed by atoms with Crippen LogP contribution in [0.1, 0.15) is 30.1 Å². The Bertz CT molecular complexity index is 787. The molecule has 0 radical (unpaired) electrons. The maximum absolute atomic E-state index is 13.5. The van der Waals surface area contributed by atoms with Crippen LogP contribution in [0.15, 0.2) is 48.5 Å². The molecular weight excluding hydrogens is 361 g/mol. The van der Waals surface area contributed by atoms with Crippen LogP contribution in [-0.2, 0) is 19.7 Å². The van der Waals surface area contributed by atoms with Crippen LogP contribution >= 0.6 is 0 Å². The average Bonchev–Trinajstić information content (AvgIpc) is 2.74. The monoisotopic (exact) mass is 387 g/mol. The summed E-state index contributed by atoms with van der Waals surface area (Å²) in [5.41, 5.74) is 0.965. The lowest BCUT2D eigenvalue weighted by atomic mass is 9.73. The zero-order valence-corrected chi connectivity index (χ0v) is 16.2. The fraction of sp³-hybridized carbons (Fsp3) is 0.409. The van der Waals surface area contributed by atoms with E-state index in [0.29, 0.717) is 31.6 Å². The van der Waals surface area contributed by atoms with Crippen molar-refractivity contribution in [1.29, 1.82) is 0 Å². The van der Waals surface area contributed by atoms with Crippen molar-refractivity contribution < 1.29 is 23.4 Å². The lowest BCUT2D eigenvalue weighted by molar-refractivity contribution is -0.131. The molecule has 28 heavy (non-hydrogen) atoms. The van der Waals surface area contributed by atoms with E-state index in [-0.39, 0.29) is 18.3 Å². The molecule has 1 unspecified atom stereocenters. The molecular formula is C22H26FNO4. The first-order valence-electron chi connectivity index (χ1n) is 9.38. The quantitative estimate of drug-likeness (QED) is 0.791. The first-order chi connectivity index (χ1) is 13.6. The van der Waals surface area contributed by atoms with Crippen molar-refractivity contribution in [3.63, 3.8) is 0 Å². The highest BCUT2D eigenvalue weighted by Gasteiger charge is 2.41. The molecule has 0 bridgehead atoms. The van der Waals surface area contributed by atoms with Gasteiger partial charge in [0.05, 0.1) is 18.6 Å². The van der Waals surface area contributed by atoms with Crippen LogP contribution in [-0.4, -0.2) is 39.9 Å². The molecule has 1 fully saturated rings. The number of hydrogen-bond donors (Lipinski definition) is 1. The van der Waals surface area contributed by atoms with Gasteiger partial charge in [-0.25, -0.2) is 4.39 Å². The summed E-state index contributed by atoms with van der Waals surface area (Å²) in [7, 11) is 3.17. The maximum atomic E-state index is 13.5. The second-order valence-electron chi connectivity index (χ2n) is 6.91. The molecule has 1 saturated heterocycles. The summed E-state index contributed by atoms with van der Waals surface area (Å²) in [4.78, 5) is 13.3. The summed E-state index contributed by atoms with van der Waals surface area (Å²) in [5, 5.41) is 3.02. The molecule has 1 atom stereocenters. The Balaban J connectivity index is 1.77. The highest BCUT2D eigenvalue weighted by atomic mass is 19.1. The van der Waals surface area contributed by atoms with Crippen molar-refractivity contribution in [1.82, 2.24) is 5.32 Å². The molecule has 5 nitrogen and oxygen atoms in total. The molecule has 1 amide bonds. The first kappa shape index (κ1) is 20.3. The summed E-state index contributed by atoms with van der Waals surface area (Å²) >= 11 is 0. The number of carbonyl (C=O) groups is 1. The molecule has 0 saturated carbocycles. The third-order valence-electron chi connectivity index (χ3n) is 5.38.